The average Bonchev–Trinajstić information content (AvgIpc) is 3.10. The van der Waals surface area contributed by atoms with Gasteiger partial charge in [0.1, 0.15) is 17.3 Å². The lowest BCUT2D eigenvalue weighted by Gasteiger charge is -2.21. The molecule has 1 amide bonds. The zero-order valence-corrected chi connectivity index (χ0v) is 10.6. The summed E-state index contributed by atoms with van der Waals surface area (Å²) in [5.74, 6) is -1.79. The fourth-order valence-electron chi connectivity index (χ4n) is 3.45. The third-order valence-electron chi connectivity index (χ3n) is 4.28. The number of carboxylic acids is 1. The van der Waals surface area contributed by atoms with Crippen molar-refractivity contribution in [2.24, 2.45) is 11.8 Å². The lowest BCUT2D eigenvalue weighted by molar-refractivity contribution is -0.146. The van der Waals surface area contributed by atoms with Crippen LogP contribution >= 0.6 is 0 Å². The molecule has 1 N–H and O–H groups in total. The summed E-state index contributed by atoms with van der Waals surface area (Å²) in [4.78, 5) is 25.4. The number of carboxylic acid groups (broad SMARTS) is 1. The van der Waals surface area contributed by atoms with E-state index in [0.29, 0.717) is 11.6 Å². The Balaban J connectivity index is 1.75. The second-order valence-corrected chi connectivity index (χ2v) is 5.46. The van der Waals surface area contributed by atoms with Crippen LogP contribution in [-0.4, -0.2) is 40.4 Å². The summed E-state index contributed by atoms with van der Waals surface area (Å²) in [6, 6.07) is 1.65. The lowest BCUT2D eigenvalue weighted by Crippen LogP contribution is -2.39. The molecule has 0 radical (unpaired) electrons. The Kier molecular flexibility index (Phi) is 2.03. The highest BCUT2D eigenvalue weighted by atomic mass is 16.5. The predicted octanol–water partition coefficient (Wildman–Crippen LogP) is 0.354. The largest absolute Gasteiger partial charge is 0.481 e. The lowest BCUT2D eigenvalue weighted by atomic mass is 9.77. The molecule has 104 valence electrons. The number of nitrogens with zero attached hydrogens (tertiary/aromatic N) is 2. The molecule has 7 heteroatoms. The summed E-state index contributed by atoms with van der Waals surface area (Å²) < 4.78 is 10.8. The van der Waals surface area contributed by atoms with Crippen molar-refractivity contribution in [2.75, 3.05) is 11.4 Å². The number of amides is 1. The monoisotopic (exact) mass is 276 g/mol. The fraction of sp³-hybridized carbons (Fsp3) is 0.462. The van der Waals surface area contributed by atoms with Crippen molar-refractivity contribution in [3.05, 3.63) is 24.0 Å². The third kappa shape index (κ3) is 1.25. The van der Waals surface area contributed by atoms with Crippen molar-refractivity contribution in [1.82, 2.24) is 5.16 Å². The molecule has 3 aliphatic heterocycles. The smallest absolute Gasteiger partial charge is 0.310 e. The molecule has 4 atom stereocenters. The van der Waals surface area contributed by atoms with E-state index in [-0.39, 0.29) is 12.5 Å². The standard InChI is InChI=1S/C13H12N2O5/c1-6-4-8(14-20-6)15-5-13-3-2-7(19-13)9(12(17)18)10(13)11(15)16/h2-4,7,9-10H,5H2,1H3,(H,17,18)/t7-,9+,10+,13-/m0/s1. The first-order valence-electron chi connectivity index (χ1n) is 6.36. The average molecular weight is 276 g/mol. The third-order valence-corrected chi connectivity index (χ3v) is 4.28. The van der Waals surface area contributed by atoms with Crippen molar-refractivity contribution in [3.63, 3.8) is 0 Å². The number of fused-ring (bicyclic) bond motifs is 1. The van der Waals surface area contributed by atoms with Gasteiger partial charge in [0.05, 0.1) is 18.6 Å². The molecular formula is C13H12N2O5. The van der Waals surface area contributed by atoms with Gasteiger partial charge in [-0.1, -0.05) is 17.3 Å². The zero-order valence-electron chi connectivity index (χ0n) is 10.6. The maximum absolute atomic E-state index is 12.6. The van der Waals surface area contributed by atoms with Crippen molar-refractivity contribution >= 4 is 17.7 Å². The number of hydrogen-bond donors (Lipinski definition) is 1. The van der Waals surface area contributed by atoms with Gasteiger partial charge in [-0.15, -0.1) is 0 Å². The maximum Gasteiger partial charge on any atom is 0.310 e. The van der Waals surface area contributed by atoms with Crippen LogP contribution in [0.1, 0.15) is 5.76 Å². The van der Waals surface area contributed by atoms with Crippen LogP contribution in [0.4, 0.5) is 5.82 Å². The molecule has 2 fully saturated rings. The van der Waals surface area contributed by atoms with Crippen LogP contribution in [0.5, 0.6) is 0 Å². The topological polar surface area (TPSA) is 92.9 Å². The number of carbonyl (C=O) groups is 2. The number of aromatic nitrogens is 1. The van der Waals surface area contributed by atoms with E-state index >= 15 is 0 Å². The summed E-state index contributed by atoms with van der Waals surface area (Å²) >= 11 is 0. The predicted molar refractivity (Wildman–Crippen MR) is 65.0 cm³/mol. The number of aliphatic carboxylic acids is 1. The minimum absolute atomic E-state index is 0.266. The van der Waals surface area contributed by atoms with Crippen molar-refractivity contribution in [1.29, 1.82) is 0 Å². The number of rotatable bonds is 2. The molecule has 3 aliphatic rings. The van der Waals surface area contributed by atoms with Gasteiger partial charge in [0.25, 0.3) is 0 Å². The Hall–Kier alpha value is -2.15. The quantitative estimate of drug-likeness (QED) is 0.784. The highest BCUT2D eigenvalue weighted by Crippen LogP contribution is 2.52. The Morgan fingerprint density at radius 2 is 2.40 bits per heavy atom. The fourth-order valence-corrected chi connectivity index (χ4v) is 3.45. The molecule has 0 unspecified atom stereocenters. The van der Waals surface area contributed by atoms with Gasteiger partial charge in [-0.2, -0.15) is 0 Å². The van der Waals surface area contributed by atoms with E-state index in [1.165, 1.54) is 4.90 Å². The van der Waals surface area contributed by atoms with Gasteiger partial charge in [-0.05, 0) is 6.92 Å². The van der Waals surface area contributed by atoms with Gasteiger partial charge < -0.3 is 14.4 Å². The van der Waals surface area contributed by atoms with Crippen molar-refractivity contribution < 1.29 is 24.0 Å². The molecule has 0 aromatic carbocycles. The highest BCUT2D eigenvalue weighted by molar-refractivity contribution is 6.01. The van der Waals surface area contributed by atoms with Gasteiger partial charge >= 0.3 is 5.97 Å². The van der Waals surface area contributed by atoms with Crippen molar-refractivity contribution in [3.8, 4) is 0 Å². The Morgan fingerprint density at radius 1 is 1.60 bits per heavy atom. The van der Waals surface area contributed by atoms with Gasteiger partial charge in [-0.3, -0.25) is 14.5 Å². The van der Waals surface area contributed by atoms with Crippen LogP contribution in [-0.2, 0) is 14.3 Å². The molecule has 1 aromatic rings. The molecule has 7 nitrogen and oxygen atoms in total. The molecule has 2 bridgehead atoms. The molecule has 0 aliphatic carbocycles. The van der Waals surface area contributed by atoms with E-state index in [9.17, 15) is 14.7 Å². The van der Waals surface area contributed by atoms with Crippen LogP contribution in [0, 0.1) is 18.8 Å². The number of hydrogen-bond acceptors (Lipinski definition) is 5. The molecule has 0 saturated carbocycles. The van der Waals surface area contributed by atoms with E-state index in [2.05, 4.69) is 5.16 Å². The molecule has 20 heavy (non-hydrogen) atoms. The first-order valence-corrected chi connectivity index (χ1v) is 6.36. The van der Waals surface area contributed by atoms with Crippen LogP contribution in [0.15, 0.2) is 22.7 Å². The Morgan fingerprint density at radius 3 is 3.05 bits per heavy atom. The van der Waals surface area contributed by atoms with E-state index < -0.39 is 29.5 Å². The molecule has 4 rings (SSSR count). The van der Waals surface area contributed by atoms with E-state index in [1.807, 2.05) is 6.08 Å². The van der Waals surface area contributed by atoms with Crippen LogP contribution in [0.3, 0.4) is 0 Å². The number of anilines is 1. The van der Waals surface area contributed by atoms with Gasteiger partial charge in [-0.25, -0.2) is 0 Å². The molecule has 4 heterocycles. The first-order chi connectivity index (χ1) is 9.52. The second kappa shape index (κ2) is 3.49. The van der Waals surface area contributed by atoms with E-state index in [0.717, 1.165) is 0 Å². The summed E-state index contributed by atoms with van der Waals surface area (Å²) in [7, 11) is 0. The molecule has 1 aromatic heterocycles. The van der Waals surface area contributed by atoms with Crippen LogP contribution < -0.4 is 4.90 Å². The second-order valence-electron chi connectivity index (χ2n) is 5.46. The van der Waals surface area contributed by atoms with Gasteiger partial charge in [0, 0.05) is 6.07 Å². The SMILES string of the molecule is Cc1cc(N2C[C@]34C=C[C@H](O3)[C@@H](C(=O)O)[C@@H]4C2=O)no1. The minimum Gasteiger partial charge on any atom is -0.481 e. The van der Waals surface area contributed by atoms with Gasteiger partial charge in [0.2, 0.25) is 5.91 Å². The zero-order chi connectivity index (χ0) is 14.1. The van der Waals surface area contributed by atoms with Gasteiger partial charge in [0.15, 0.2) is 5.82 Å². The summed E-state index contributed by atoms with van der Waals surface area (Å²) in [5, 5.41) is 13.2. The number of aryl methyl sites for hydroxylation is 1. The summed E-state index contributed by atoms with van der Waals surface area (Å²) in [6.07, 6.45) is 3.04. The highest BCUT2D eigenvalue weighted by Gasteiger charge is 2.67. The normalized spacial score (nSPS) is 37.8. The number of carbonyl (C=O) groups excluding carboxylic acids is 1. The van der Waals surface area contributed by atoms with Crippen LogP contribution in [0.25, 0.3) is 0 Å². The minimum atomic E-state index is -1.00. The first kappa shape index (κ1) is 11.7. The molecular weight excluding hydrogens is 264 g/mol. The van der Waals surface area contributed by atoms with E-state index in [4.69, 9.17) is 9.26 Å². The summed E-state index contributed by atoms with van der Waals surface area (Å²) in [5.41, 5.74) is -0.836. The van der Waals surface area contributed by atoms with Crippen molar-refractivity contribution in [2.45, 2.75) is 18.6 Å². The van der Waals surface area contributed by atoms with Crippen LogP contribution in [0.2, 0.25) is 0 Å². The molecule has 2 saturated heterocycles. The Bertz CT molecular complexity index is 651. The summed E-state index contributed by atoms with van der Waals surface area (Å²) in [6.45, 7) is 2.01. The van der Waals surface area contributed by atoms with E-state index in [1.54, 1.807) is 19.1 Å². The maximum atomic E-state index is 12.6. The Labute approximate surface area is 113 Å². The molecule has 1 spiro atoms. The number of ether oxygens (including phenoxy) is 1.